The number of rotatable bonds is 6. The van der Waals surface area contributed by atoms with Crippen LogP contribution in [-0.4, -0.2) is 24.1 Å². The molecule has 1 fully saturated rings. The number of anilines is 1. The normalized spacial score (nSPS) is 23.3. The predicted molar refractivity (Wildman–Crippen MR) is 84.1 cm³/mol. The van der Waals surface area contributed by atoms with Gasteiger partial charge in [0.25, 0.3) is 0 Å². The molecule has 0 amide bonds. The van der Waals surface area contributed by atoms with Crippen molar-refractivity contribution in [1.82, 2.24) is 10.3 Å². The maximum atomic E-state index is 4.95. The molecule has 4 heteroatoms. The number of nitrogens with one attached hydrogen (secondary N) is 1. The van der Waals surface area contributed by atoms with Crippen LogP contribution in [0.5, 0.6) is 0 Å². The Morgan fingerprint density at radius 3 is 2.79 bits per heavy atom. The van der Waals surface area contributed by atoms with Crippen LogP contribution in [-0.2, 0) is 13.0 Å². The maximum Gasteiger partial charge on any atom is 0.186 e. The molecule has 0 bridgehead atoms. The summed E-state index contributed by atoms with van der Waals surface area (Å²) >= 11 is 1.90. The van der Waals surface area contributed by atoms with Gasteiger partial charge < -0.3 is 10.2 Å². The molecule has 2 atom stereocenters. The Labute approximate surface area is 121 Å². The molecule has 108 valence electrons. The smallest absolute Gasteiger partial charge is 0.186 e. The van der Waals surface area contributed by atoms with Crippen LogP contribution in [0.2, 0.25) is 0 Å². The van der Waals surface area contributed by atoms with Crippen molar-refractivity contribution in [3.63, 3.8) is 0 Å². The topological polar surface area (TPSA) is 28.2 Å². The van der Waals surface area contributed by atoms with E-state index in [0.717, 1.165) is 13.0 Å². The lowest BCUT2D eigenvalue weighted by atomic mass is 10.2. The highest BCUT2D eigenvalue weighted by Gasteiger charge is 2.31. The zero-order valence-corrected chi connectivity index (χ0v) is 13.5. The number of aryl methyl sites for hydroxylation is 1. The number of thiazole rings is 1. The number of hydrogen-bond acceptors (Lipinski definition) is 4. The van der Waals surface area contributed by atoms with E-state index in [4.69, 9.17) is 4.98 Å². The molecule has 1 aromatic heterocycles. The summed E-state index contributed by atoms with van der Waals surface area (Å²) in [4.78, 5) is 8.95. The molecular weight excluding hydrogens is 254 g/mol. The largest absolute Gasteiger partial charge is 0.342 e. The molecule has 2 unspecified atom stereocenters. The van der Waals surface area contributed by atoms with Crippen molar-refractivity contribution in [1.29, 1.82) is 0 Å². The fraction of sp³-hybridized carbons (Fsp3) is 0.800. The van der Waals surface area contributed by atoms with Gasteiger partial charge in [-0.3, -0.25) is 0 Å². The van der Waals surface area contributed by atoms with Crippen molar-refractivity contribution in [2.75, 3.05) is 11.9 Å². The van der Waals surface area contributed by atoms with Crippen LogP contribution in [0.1, 0.15) is 57.0 Å². The van der Waals surface area contributed by atoms with Gasteiger partial charge in [-0.15, -0.1) is 11.3 Å². The molecule has 1 aliphatic heterocycles. The van der Waals surface area contributed by atoms with Gasteiger partial charge in [0.15, 0.2) is 5.13 Å². The summed E-state index contributed by atoms with van der Waals surface area (Å²) in [7, 11) is 2.02. The molecular formula is C15H27N3S. The summed E-state index contributed by atoms with van der Waals surface area (Å²) in [6, 6.07) is 1.34. The van der Waals surface area contributed by atoms with Gasteiger partial charge in [0.05, 0.1) is 5.69 Å². The summed E-state index contributed by atoms with van der Waals surface area (Å²) < 4.78 is 0. The first-order valence-electron chi connectivity index (χ1n) is 7.62. The minimum absolute atomic E-state index is 0.646. The average molecular weight is 281 g/mol. The maximum absolute atomic E-state index is 4.95. The Morgan fingerprint density at radius 2 is 2.16 bits per heavy atom. The van der Waals surface area contributed by atoms with Crippen molar-refractivity contribution in [3.05, 3.63) is 10.6 Å². The fourth-order valence-corrected chi connectivity index (χ4v) is 4.32. The molecule has 2 rings (SSSR count). The highest BCUT2D eigenvalue weighted by Crippen LogP contribution is 2.36. The number of aromatic nitrogens is 1. The van der Waals surface area contributed by atoms with Crippen LogP contribution in [0.15, 0.2) is 0 Å². The van der Waals surface area contributed by atoms with E-state index in [1.54, 1.807) is 0 Å². The molecule has 0 saturated carbocycles. The first-order valence-corrected chi connectivity index (χ1v) is 8.44. The van der Waals surface area contributed by atoms with Crippen molar-refractivity contribution in [2.45, 2.75) is 71.5 Å². The monoisotopic (exact) mass is 281 g/mol. The summed E-state index contributed by atoms with van der Waals surface area (Å²) in [5, 5.41) is 4.53. The van der Waals surface area contributed by atoms with Crippen LogP contribution < -0.4 is 10.2 Å². The van der Waals surface area contributed by atoms with Crippen molar-refractivity contribution in [2.24, 2.45) is 0 Å². The van der Waals surface area contributed by atoms with Gasteiger partial charge in [0, 0.05) is 23.5 Å². The molecule has 0 radical (unpaired) electrons. The lowest BCUT2D eigenvalue weighted by molar-refractivity contribution is 0.625. The molecule has 0 spiro atoms. The number of hydrogen-bond donors (Lipinski definition) is 1. The third-order valence-electron chi connectivity index (χ3n) is 4.07. The molecule has 3 nitrogen and oxygen atoms in total. The molecule has 1 N–H and O–H groups in total. The Morgan fingerprint density at radius 1 is 1.37 bits per heavy atom. The third kappa shape index (κ3) is 3.11. The van der Waals surface area contributed by atoms with Crippen LogP contribution >= 0.6 is 11.3 Å². The van der Waals surface area contributed by atoms with Crippen LogP contribution in [0, 0.1) is 0 Å². The first kappa shape index (κ1) is 14.8. The van der Waals surface area contributed by atoms with Crippen LogP contribution in [0.3, 0.4) is 0 Å². The Kier molecular flexibility index (Phi) is 5.22. The molecule has 1 aromatic rings. The van der Waals surface area contributed by atoms with Crippen molar-refractivity contribution >= 4 is 16.5 Å². The second-order valence-corrected chi connectivity index (χ2v) is 6.60. The summed E-state index contributed by atoms with van der Waals surface area (Å²) in [5.74, 6) is 0. The van der Waals surface area contributed by atoms with Crippen LogP contribution in [0.25, 0.3) is 0 Å². The van der Waals surface area contributed by atoms with Gasteiger partial charge in [-0.05, 0) is 39.7 Å². The first-order chi connectivity index (χ1) is 9.21. The van der Waals surface area contributed by atoms with E-state index >= 15 is 0 Å². The van der Waals surface area contributed by atoms with Gasteiger partial charge in [0.2, 0.25) is 0 Å². The van der Waals surface area contributed by atoms with Crippen molar-refractivity contribution in [3.8, 4) is 0 Å². The van der Waals surface area contributed by atoms with E-state index in [-0.39, 0.29) is 0 Å². The molecule has 1 saturated heterocycles. The van der Waals surface area contributed by atoms with E-state index in [0.29, 0.717) is 12.1 Å². The van der Waals surface area contributed by atoms with Gasteiger partial charge in [0.1, 0.15) is 0 Å². The highest BCUT2D eigenvalue weighted by molar-refractivity contribution is 7.15. The molecule has 19 heavy (non-hydrogen) atoms. The Balaban J connectivity index is 2.25. The fourth-order valence-electron chi connectivity index (χ4n) is 3.03. The lowest BCUT2D eigenvalue weighted by Gasteiger charge is -2.27. The highest BCUT2D eigenvalue weighted by atomic mass is 32.1. The van der Waals surface area contributed by atoms with E-state index in [2.05, 4.69) is 31.0 Å². The molecule has 2 heterocycles. The summed E-state index contributed by atoms with van der Waals surface area (Å²) in [6.07, 6.45) is 6.14. The van der Waals surface area contributed by atoms with Gasteiger partial charge in [-0.2, -0.15) is 0 Å². The van der Waals surface area contributed by atoms with Crippen LogP contribution in [0.4, 0.5) is 5.13 Å². The number of nitrogens with zero attached hydrogens (tertiary/aromatic N) is 2. The zero-order valence-electron chi connectivity index (χ0n) is 12.7. The average Bonchev–Trinajstić information content (AvgIpc) is 2.94. The summed E-state index contributed by atoms with van der Waals surface area (Å²) in [5.41, 5.74) is 1.31. The van der Waals surface area contributed by atoms with E-state index in [1.807, 2.05) is 18.4 Å². The molecule has 0 aliphatic carbocycles. The standard InChI is InChI=1S/C15H27N3S/c1-5-7-13-14(10-16-4)19-15(17-13)18-11(3)8-9-12(18)6-2/h11-12,16H,5-10H2,1-4H3. The lowest BCUT2D eigenvalue weighted by Crippen LogP contribution is -2.33. The van der Waals surface area contributed by atoms with Gasteiger partial charge in [-0.1, -0.05) is 20.3 Å². The SMILES string of the molecule is CCCc1nc(N2C(C)CCC2CC)sc1CNC. The quantitative estimate of drug-likeness (QED) is 0.864. The van der Waals surface area contributed by atoms with E-state index < -0.39 is 0 Å². The minimum atomic E-state index is 0.646. The van der Waals surface area contributed by atoms with E-state index in [9.17, 15) is 0 Å². The van der Waals surface area contributed by atoms with E-state index in [1.165, 1.54) is 41.4 Å². The predicted octanol–water partition coefficient (Wildman–Crippen LogP) is 3.58. The molecule has 0 aromatic carbocycles. The van der Waals surface area contributed by atoms with Crippen molar-refractivity contribution < 1.29 is 0 Å². The van der Waals surface area contributed by atoms with Gasteiger partial charge in [-0.25, -0.2) is 4.98 Å². The zero-order chi connectivity index (χ0) is 13.8. The third-order valence-corrected chi connectivity index (χ3v) is 5.18. The second kappa shape index (κ2) is 6.71. The Hall–Kier alpha value is -0.610. The minimum Gasteiger partial charge on any atom is -0.342 e. The second-order valence-electron chi connectivity index (χ2n) is 5.54. The summed E-state index contributed by atoms with van der Waals surface area (Å²) in [6.45, 7) is 7.82. The Bertz CT molecular complexity index is 379. The molecule has 1 aliphatic rings. The van der Waals surface area contributed by atoms with Gasteiger partial charge >= 0.3 is 0 Å².